The summed E-state index contributed by atoms with van der Waals surface area (Å²) in [5.41, 5.74) is 8.80. The summed E-state index contributed by atoms with van der Waals surface area (Å²) in [5.74, 6) is -0.394. The van der Waals surface area contributed by atoms with E-state index < -0.39 is 5.97 Å². The van der Waals surface area contributed by atoms with Crippen LogP contribution in [0.25, 0.3) is 0 Å². The Balaban J connectivity index is 2.11. The van der Waals surface area contributed by atoms with Crippen LogP contribution in [0.2, 0.25) is 0 Å². The van der Waals surface area contributed by atoms with Crippen molar-refractivity contribution in [2.75, 3.05) is 18.2 Å². The number of nitrogens with two attached hydrogens (primary N) is 1. The van der Waals surface area contributed by atoms with Gasteiger partial charge < -0.3 is 15.8 Å². The van der Waals surface area contributed by atoms with Crippen LogP contribution in [-0.2, 0) is 11.3 Å². The summed E-state index contributed by atoms with van der Waals surface area (Å²) in [6.45, 7) is 0.642. The van der Waals surface area contributed by atoms with Gasteiger partial charge in [-0.1, -0.05) is 34.1 Å². The zero-order valence-corrected chi connectivity index (χ0v) is 12.6. The summed E-state index contributed by atoms with van der Waals surface area (Å²) >= 11 is 3.50. The first-order valence-electron chi connectivity index (χ1n) is 6.07. The first-order chi connectivity index (χ1) is 9.61. The summed E-state index contributed by atoms with van der Waals surface area (Å²) < 4.78 is 5.69. The van der Waals surface area contributed by atoms with Crippen LogP contribution in [0, 0.1) is 0 Å². The molecule has 0 aromatic heterocycles. The third kappa shape index (κ3) is 3.30. The second kappa shape index (κ2) is 6.43. The molecule has 0 unspecified atom stereocenters. The molecule has 0 aliphatic heterocycles. The van der Waals surface area contributed by atoms with E-state index in [0.717, 1.165) is 15.7 Å². The van der Waals surface area contributed by atoms with Crippen molar-refractivity contribution >= 4 is 33.3 Å². The average Bonchev–Trinajstić information content (AvgIpc) is 2.46. The lowest BCUT2D eigenvalue weighted by Crippen LogP contribution is -2.06. The highest BCUT2D eigenvalue weighted by atomic mass is 79.9. The van der Waals surface area contributed by atoms with Crippen LogP contribution in [0.4, 0.5) is 11.4 Å². The number of nitrogens with one attached hydrogen (secondary N) is 1. The fourth-order valence-corrected chi connectivity index (χ4v) is 2.23. The van der Waals surface area contributed by atoms with E-state index in [2.05, 4.69) is 26.0 Å². The van der Waals surface area contributed by atoms with Crippen molar-refractivity contribution in [3.63, 3.8) is 0 Å². The average molecular weight is 335 g/mol. The lowest BCUT2D eigenvalue weighted by Gasteiger charge is -2.11. The zero-order valence-electron chi connectivity index (χ0n) is 11.0. The van der Waals surface area contributed by atoms with Crippen LogP contribution in [0.1, 0.15) is 15.9 Å². The number of halogens is 1. The molecule has 0 radical (unpaired) electrons. The Bertz CT molecular complexity index is 629. The van der Waals surface area contributed by atoms with Gasteiger partial charge in [0.05, 0.1) is 24.0 Å². The Morgan fingerprint density at radius 1 is 1.30 bits per heavy atom. The van der Waals surface area contributed by atoms with Gasteiger partial charge >= 0.3 is 5.97 Å². The molecule has 4 nitrogen and oxygen atoms in total. The number of esters is 1. The maximum atomic E-state index is 11.4. The smallest absolute Gasteiger partial charge is 0.337 e. The summed E-state index contributed by atoms with van der Waals surface area (Å²) in [7, 11) is 1.34. The van der Waals surface area contributed by atoms with Gasteiger partial charge in [-0.3, -0.25) is 0 Å². The van der Waals surface area contributed by atoms with Gasteiger partial charge in [-0.05, 0) is 29.8 Å². The first-order valence-corrected chi connectivity index (χ1v) is 6.86. The SMILES string of the molecule is COC(=O)c1ccc(NCc2ccccc2Br)c(N)c1. The molecule has 2 aromatic rings. The molecule has 0 aliphatic carbocycles. The fourth-order valence-electron chi connectivity index (χ4n) is 1.80. The molecule has 0 aliphatic rings. The van der Waals surface area contributed by atoms with Crippen molar-refractivity contribution in [3.8, 4) is 0 Å². The number of hydrogen-bond acceptors (Lipinski definition) is 4. The van der Waals surface area contributed by atoms with Crippen LogP contribution in [0.3, 0.4) is 0 Å². The molecule has 0 bridgehead atoms. The van der Waals surface area contributed by atoms with E-state index in [-0.39, 0.29) is 0 Å². The highest BCUT2D eigenvalue weighted by molar-refractivity contribution is 9.10. The standard InChI is InChI=1S/C15H15BrN2O2/c1-20-15(19)10-6-7-14(13(17)8-10)18-9-11-4-2-3-5-12(11)16/h2-8,18H,9,17H2,1H3. The minimum absolute atomic E-state index is 0.394. The fraction of sp³-hybridized carbons (Fsp3) is 0.133. The van der Waals surface area contributed by atoms with Gasteiger partial charge in [0, 0.05) is 11.0 Å². The first kappa shape index (κ1) is 14.4. The molecule has 104 valence electrons. The zero-order chi connectivity index (χ0) is 14.5. The molecule has 0 atom stereocenters. The molecule has 2 rings (SSSR count). The molecular formula is C15H15BrN2O2. The minimum Gasteiger partial charge on any atom is -0.465 e. The van der Waals surface area contributed by atoms with Gasteiger partial charge in [0.25, 0.3) is 0 Å². The molecular weight excluding hydrogens is 320 g/mol. The summed E-state index contributed by atoms with van der Waals surface area (Å²) in [6.07, 6.45) is 0. The van der Waals surface area contributed by atoms with Gasteiger partial charge in [0.1, 0.15) is 0 Å². The molecule has 20 heavy (non-hydrogen) atoms. The molecule has 0 amide bonds. The number of anilines is 2. The van der Waals surface area contributed by atoms with Crippen LogP contribution in [0.15, 0.2) is 46.9 Å². The summed E-state index contributed by atoms with van der Waals surface area (Å²) in [5, 5.41) is 3.25. The normalized spacial score (nSPS) is 10.1. The van der Waals surface area contributed by atoms with Gasteiger partial charge in [0.15, 0.2) is 0 Å². The third-order valence-corrected chi connectivity index (χ3v) is 3.67. The van der Waals surface area contributed by atoms with Crippen molar-refractivity contribution < 1.29 is 9.53 Å². The summed E-state index contributed by atoms with van der Waals surface area (Å²) in [6, 6.07) is 13.0. The predicted octanol–water partition coefficient (Wildman–Crippen LogP) is 3.43. The van der Waals surface area contributed by atoms with Gasteiger partial charge in [-0.15, -0.1) is 0 Å². The molecule has 3 N–H and O–H groups in total. The molecule has 2 aromatic carbocycles. The van der Waals surface area contributed by atoms with Crippen LogP contribution in [-0.4, -0.2) is 13.1 Å². The highest BCUT2D eigenvalue weighted by Gasteiger charge is 2.08. The van der Waals surface area contributed by atoms with E-state index in [1.165, 1.54) is 7.11 Å². The van der Waals surface area contributed by atoms with Crippen LogP contribution in [0.5, 0.6) is 0 Å². The highest BCUT2D eigenvalue weighted by Crippen LogP contribution is 2.23. The number of benzene rings is 2. The number of carbonyl (C=O) groups is 1. The number of nitrogen functional groups attached to an aromatic ring is 1. The van der Waals surface area contributed by atoms with E-state index in [1.807, 2.05) is 24.3 Å². The van der Waals surface area contributed by atoms with Crippen molar-refractivity contribution in [3.05, 3.63) is 58.1 Å². The molecule has 0 saturated carbocycles. The van der Waals surface area contributed by atoms with Crippen LogP contribution < -0.4 is 11.1 Å². The number of carbonyl (C=O) groups excluding carboxylic acids is 1. The topological polar surface area (TPSA) is 64.3 Å². The van der Waals surface area contributed by atoms with Crippen LogP contribution >= 0.6 is 15.9 Å². The van der Waals surface area contributed by atoms with Gasteiger partial charge in [0.2, 0.25) is 0 Å². The Kier molecular flexibility index (Phi) is 4.63. The van der Waals surface area contributed by atoms with E-state index in [4.69, 9.17) is 5.73 Å². The monoisotopic (exact) mass is 334 g/mol. The summed E-state index contributed by atoms with van der Waals surface area (Å²) in [4.78, 5) is 11.4. The van der Waals surface area contributed by atoms with Gasteiger partial charge in [-0.2, -0.15) is 0 Å². The van der Waals surface area contributed by atoms with E-state index in [1.54, 1.807) is 18.2 Å². The third-order valence-electron chi connectivity index (χ3n) is 2.90. The maximum Gasteiger partial charge on any atom is 0.337 e. The molecule has 5 heteroatoms. The lowest BCUT2D eigenvalue weighted by molar-refractivity contribution is 0.0601. The molecule has 0 fully saturated rings. The number of ether oxygens (including phenoxy) is 1. The second-order valence-electron chi connectivity index (χ2n) is 4.24. The molecule has 0 heterocycles. The Hall–Kier alpha value is -2.01. The molecule has 0 saturated heterocycles. The van der Waals surface area contributed by atoms with Crippen molar-refractivity contribution in [1.29, 1.82) is 0 Å². The maximum absolute atomic E-state index is 11.4. The largest absolute Gasteiger partial charge is 0.465 e. The minimum atomic E-state index is -0.394. The Morgan fingerprint density at radius 3 is 2.70 bits per heavy atom. The van der Waals surface area contributed by atoms with Crippen molar-refractivity contribution in [2.45, 2.75) is 6.54 Å². The Morgan fingerprint density at radius 2 is 2.05 bits per heavy atom. The predicted molar refractivity (Wildman–Crippen MR) is 83.7 cm³/mol. The molecule has 0 spiro atoms. The quantitative estimate of drug-likeness (QED) is 0.664. The number of methoxy groups -OCH3 is 1. The number of rotatable bonds is 4. The second-order valence-corrected chi connectivity index (χ2v) is 5.09. The Labute approximate surface area is 126 Å². The lowest BCUT2D eigenvalue weighted by atomic mass is 10.1. The van der Waals surface area contributed by atoms with E-state index in [9.17, 15) is 4.79 Å². The van der Waals surface area contributed by atoms with Gasteiger partial charge in [-0.25, -0.2) is 4.79 Å². The van der Waals surface area contributed by atoms with Crippen molar-refractivity contribution in [1.82, 2.24) is 0 Å². The van der Waals surface area contributed by atoms with E-state index >= 15 is 0 Å². The van der Waals surface area contributed by atoms with E-state index in [0.29, 0.717) is 17.8 Å². The van der Waals surface area contributed by atoms with Crippen molar-refractivity contribution in [2.24, 2.45) is 0 Å². The number of hydrogen-bond donors (Lipinski definition) is 2.